The van der Waals surface area contributed by atoms with Crippen molar-refractivity contribution in [3.05, 3.63) is 0 Å². The van der Waals surface area contributed by atoms with Crippen LogP contribution in [0.15, 0.2) is 0 Å². The van der Waals surface area contributed by atoms with Crippen LogP contribution in [0.5, 0.6) is 0 Å². The van der Waals surface area contributed by atoms with Crippen molar-refractivity contribution in [2.75, 3.05) is 6.61 Å². The molecule has 17 heavy (non-hydrogen) atoms. The SMILES string of the molecule is CC(F)(COC1C(=O)C2CCC1C2)SOO[O-]. The first-order valence-electron chi connectivity index (χ1n) is 5.52. The van der Waals surface area contributed by atoms with Gasteiger partial charge in [-0.15, -0.1) is 0 Å². The van der Waals surface area contributed by atoms with Gasteiger partial charge in [0.15, 0.2) is 5.78 Å². The number of fused-ring (bicyclic) bond motifs is 2. The van der Waals surface area contributed by atoms with Crippen LogP contribution in [0.25, 0.3) is 0 Å². The molecule has 0 amide bonds. The molecule has 4 unspecified atom stereocenters. The Balaban J connectivity index is 1.80. The van der Waals surface area contributed by atoms with Crippen LogP contribution in [0.1, 0.15) is 26.2 Å². The molecule has 7 heteroatoms. The lowest BCUT2D eigenvalue weighted by Crippen LogP contribution is -2.34. The van der Waals surface area contributed by atoms with Crippen molar-refractivity contribution in [2.45, 2.75) is 37.3 Å². The van der Waals surface area contributed by atoms with Crippen molar-refractivity contribution in [3.8, 4) is 0 Å². The van der Waals surface area contributed by atoms with Gasteiger partial charge in [0.2, 0.25) is 5.00 Å². The third-order valence-electron chi connectivity index (χ3n) is 3.34. The average molecular weight is 265 g/mol. The summed E-state index contributed by atoms with van der Waals surface area (Å²) in [5.41, 5.74) is 0. The van der Waals surface area contributed by atoms with Crippen molar-refractivity contribution in [3.63, 3.8) is 0 Å². The third kappa shape index (κ3) is 2.97. The zero-order valence-corrected chi connectivity index (χ0v) is 10.2. The standard InChI is InChI=1S/C10H15FO5S/c1-10(11,17-16-15-13)5-14-9-7-3-2-6(4-7)8(9)12/h6-7,9,13H,2-5H2,1H3/p-1. The van der Waals surface area contributed by atoms with Crippen LogP contribution in [-0.2, 0) is 18.9 Å². The maximum Gasteiger partial charge on any atom is 0.204 e. The van der Waals surface area contributed by atoms with E-state index in [-0.39, 0.29) is 36.3 Å². The summed E-state index contributed by atoms with van der Waals surface area (Å²) >= 11 is 0.246. The summed E-state index contributed by atoms with van der Waals surface area (Å²) in [4.78, 5) is 11.7. The van der Waals surface area contributed by atoms with Gasteiger partial charge in [-0.3, -0.25) is 9.83 Å². The van der Waals surface area contributed by atoms with Crippen molar-refractivity contribution < 1.29 is 28.6 Å². The quantitative estimate of drug-likeness (QED) is 0.404. The van der Waals surface area contributed by atoms with Crippen LogP contribution in [0, 0.1) is 11.8 Å². The Labute approximate surface area is 103 Å². The van der Waals surface area contributed by atoms with Crippen LogP contribution in [0.3, 0.4) is 0 Å². The first-order valence-corrected chi connectivity index (χ1v) is 6.26. The molecule has 98 valence electrons. The molecule has 2 aliphatic carbocycles. The fourth-order valence-corrected chi connectivity index (χ4v) is 2.87. The van der Waals surface area contributed by atoms with E-state index in [1.807, 2.05) is 0 Å². The number of alkyl halides is 1. The Morgan fingerprint density at radius 1 is 1.59 bits per heavy atom. The first kappa shape index (κ1) is 13.2. The monoisotopic (exact) mass is 265 g/mol. The van der Waals surface area contributed by atoms with Crippen molar-refractivity contribution in [1.29, 1.82) is 0 Å². The molecule has 0 spiro atoms. The van der Waals surface area contributed by atoms with Crippen LogP contribution < -0.4 is 5.26 Å². The first-order chi connectivity index (χ1) is 8.03. The van der Waals surface area contributed by atoms with Crippen molar-refractivity contribution in [2.24, 2.45) is 11.8 Å². The molecule has 2 bridgehead atoms. The molecule has 2 saturated carbocycles. The maximum absolute atomic E-state index is 13.7. The van der Waals surface area contributed by atoms with Crippen molar-refractivity contribution >= 4 is 17.8 Å². The van der Waals surface area contributed by atoms with E-state index < -0.39 is 11.1 Å². The van der Waals surface area contributed by atoms with Gasteiger partial charge in [0.25, 0.3) is 0 Å². The van der Waals surface area contributed by atoms with E-state index in [0.717, 1.165) is 19.3 Å². The lowest BCUT2D eigenvalue weighted by Gasteiger charge is -2.25. The van der Waals surface area contributed by atoms with E-state index >= 15 is 0 Å². The minimum Gasteiger partial charge on any atom is -0.691 e. The van der Waals surface area contributed by atoms with Crippen LogP contribution in [0.2, 0.25) is 0 Å². The molecule has 0 heterocycles. The highest BCUT2D eigenvalue weighted by Crippen LogP contribution is 2.44. The molecule has 0 radical (unpaired) electrons. The van der Waals surface area contributed by atoms with Crippen molar-refractivity contribution in [1.82, 2.24) is 0 Å². The molecule has 2 aliphatic rings. The second kappa shape index (κ2) is 5.19. The second-order valence-corrected chi connectivity index (χ2v) is 5.88. The lowest BCUT2D eigenvalue weighted by molar-refractivity contribution is -0.777. The molecular weight excluding hydrogens is 251 g/mol. The van der Waals surface area contributed by atoms with Gasteiger partial charge in [0.1, 0.15) is 6.10 Å². The molecule has 4 atom stereocenters. The highest BCUT2D eigenvalue weighted by molar-refractivity contribution is 7.95. The molecule has 0 N–H and O–H groups in total. The van der Waals surface area contributed by atoms with Gasteiger partial charge in [-0.25, -0.2) is 4.39 Å². The Hall–Kier alpha value is -0.210. The number of ketones is 1. The van der Waals surface area contributed by atoms with Gasteiger partial charge in [0.05, 0.1) is 18.6 Å². The third-order valence-corrected chi connectivity index (χ3v) is 3.93. The van der Waals surface area contributed by atoms with E-state index in [9.17, 15) is 14.4 Å². The minimum absolute atomic E-state index is 0.0862. The number of carbonyl (C=O) groups excluding carboxylic acids is 1. The van der Waals surface area contributed by atoms with E-state index in [2.05, 4.69) is 9.37 Å². The predicted octanol–water partition coefficient (Wildman–Crippen LogP) is 0.928. The fraction of sp³-hybridized carbons (Fsp3) is 0.900. The van der Waals surface area contributed by atoms with Crippen LogP contribution in [-0.4, -0.2) is 23.5 Å². The number of hydrogen-bond acceptors (Lipinski definition) is 6. The second-order valence-electron chi connectivity index (χ2n) is 4.73. The number of carbonyl (C=O) groups is 1. The van der Waals surface area contributed by atoms with E-state index in [1.54, 1.807) is 0 Å². The molecule has 0 saturated heterocycles. The molecule has 0 aromatic rings. The Morgan fingerprint density at radius 3 is 2.94 bits per heavy atom. The summed E-state index contributed by atoms with van der Waals surface area (Å²) in [6.07, 6.45) is 2.27. The normalized spacial score (nSPS) is 35.2. The number of Topliss-reactive ketones (excluding diaryl/α,β-unsaturated/α-hetero) is 1. The minimum atomic E-state index is -1.91. The number of hydrogen-bond donors (Lipinski definition) is 0. The summed E-state index contributed by atoms with van der Waals surface area (Å²) in [5.74, 6) is 0.415. The predicted molar refractivity (Wildman–Crippen MR) is 54.9 cm³/mol. The van der Waals surface area contributed by atoms with E-state index in [0.29, 0.717) is 0 Å². The highest BCUT2D eigenvalue weighted by atomic mass is 32.2. The van der Waals surface area contributed by atoms with Crippen LogP contribution >= 0.6 is 12.0 Å². The zero-order valence-electron chi connectivity index (χ0n) is 9.39. The number of rotatable bonds is 6. The van der Waals surface area contributed by atoms with Gasteiger partial charge in [0, 0.05) is 5.92 Å². The smallest absolute Gasteiger partial charge is 0.204 e. The zero-order chi connectivity index (χ0) is 12.5. The molecule has 0 aromatic carbocycles. The topological polar surface area (TPSA) is 67.8 Å². The number of halogens is 1. The Morgan fingerprint density at radius 2 is 2.35 bits per heavy atom. The molecule has 2 rings (SSSR count). The largest absolute Gasteiger partial charge is 0.691 e. The maximum atomic E-state index is 13.7. The molecule has 2 fully saturated rings. The fourth-order valence-electron chi connectivity index (χ4n) is 2.58. The summed E-state index contributed by atoms with van der Waals surface area (Å²) < 4.78 is 22.9. The Kier molecular flexibility index (Phi) is 4.04. The van der Waals surface area contributed by atoms with E-state index in [4.69, 9.17) is 4.74 Å². The van der Waals surface area contributed by atoms with Crippen LogP contribution in [0.4, 0.5) is 4.39 Å². The molecule has 0 aliphatic heterocycles. The number of ether oxygens (including phenoxy) is 1. The van der Waals surface area contributed by atoms with Gasteiger partial charge in [-0.2, -0.15) is 4.33 Å². The molecule has 0 aromatic heterocycles. The van der Waals surface area contributed by atoms with Gasteiger partial charge >= 0.3 is 0 Å². The average Bonchev–Trinajstić information content (AvgIpc) is 2.85. The summed E-state index contributed by atoms with van der Waals surface area (Å²) in [5, 5.41) is 10.7. The van der Waals surface area contributed by atoms with Gasteiger partial charge < -0.3 is 9.99 Å². The molecular formula is C10H14FO5S-. The van der Waals surface area contributed by atoms with Gasteiger partial charge in [-0.05, 0) is 32.1 Å². The summed E-state index contributed by atoms with van der Waals surface area (Å²) in [6, 6.07) is 0. The molecule has 5 nitrogen and oxygen atoms in total. The summed E-state index contributed by atoms with van der Waals surface area (Å²) in [6.45, 7) is 0.898. The van der Waals surface area contributed by atoms with Gasteiger partial charge in [-0.1, -0.05) is 0 Å². The lowest BCUT2D eigenvalue weighted by atomic mass is 9.96. The highest BCUT2D eigenvalue weighted by Gasteiger charge is 2.48. The Bertz CT molecular complexity index is 298. The van der Waals surface area contributed by atoms with E-state index in [1.165, 1.54) is 6.92 Å². The summed E-state index contributed by atoms with van der Waals surface area (Å²) in [7, 11) is 0.